The molecule has 0 bridgehead atoms. The van der Waals surface area contributed by atoms with E-state index in [2.05, 4.69) is 10.3 Å². The molecule has 0 saturated heterocycles. The van der Waals surface area contributed by atoms with E-state index in [1.807, 2.05) is 0 Å². The van der Waals surface area contributed by atoms with Crippen LogP contribution in [0.3, 0.4) is 0 Å². The first-order chi connectivity index (χ1) is 8.56. The van der Waals surface area contributed by atoms with Gasteiger partial charge in [0.15, 0.2) is 0 Å². The average molecular weight is 246 g/mol. The van der Waals surface area contributed by atoms with Crippen LogP contribution in [0.5, 0.6) is 0 Å². The number of aromatic nitrogens is 1. The van der Waals surface area contributed by atoms with Crippen molar-refractivity contribution in [1.82, 2.24) is 4.98 Å². The quantitative estimate of drug-likeness (QED) is 0.874. The summed E-state index contributed by atoms with van der Waals surface area (Å²) < 4.78 is 13.6. The van der Waals surface area contributed by atoms with Crippen molar-refractivity contribution in [3.8, 4) is 0 Å². The van der Waals surface area contributed by atoms with Gasteiger partial charge in [-0.15, -0.1) is 0 Å². The zero-order valence-electron chi connectivity index (χ0n) is 9.64. The second-order valence-corrected chi connectivity index (χ2v) is 3.85. The van der Waals surface area contributed by atoms with Crippen molar-refractivity contribution in [3.63, 3.8) is 0 Å². The summed E-state index contributed by atoms with van der Waals surface area (Å²) in [5.41, 5.74) is 1.63. The summed E-state index contributed by atoms with van der Waals surface area (Å²) >= 11 is 0. The Morgan fingerprint density at radius 2 is 2.11 bits per heavy atom. The number of hydrogen-bond acceptors (Lipinski definition) is 3. The lowest BCUT2D eigenvalue weighted by atomic mass is 10.2. The molecule has 0 aliphatic heterocycles. The molecule has 0 unspecified atom stereocenters. The summed E-state index contributed by atoms with van der Waals surface area (Å²) in [6.45, 7) is 1.80. The highest BCUT2D eigenvalue weighted by molar-refractivity contribution is 5.85. The number of rotatable bonds is 3. The topological polar surface area (TPSA) is 62.2 Å². The van der Waals surface area contributed by atoms with Crippen LogP contribution >= 0.6 is 0 Å². The minimum atomic E-state index is -1.09. The predicted molar refractivity (Wildman–Crippen MR) is 65.6 cm³/mol. The Bertz CT molecular complexity index is 582. The largest absolute Gasteiger partial charge is 0.477 e. The lowest BCUT2D eigenvalue weighted by Crippen LogP contribution is -2.01. The predicted octanol–water partition coefficient (Wildman–Crippen LogP) is 2.97. The van der Waals surface area contributed by atoms with Crippen molar-refractivity contribution in [2.45, 2.75) is 6.92 Å². The number of pyridine rings is 1. The number of hydrogen-bond donors (Lipinski definition) is 2. The van der Waals surface area contributed by atoms with Crippen molar-refractivity contribution in [2.24, 2.45) is 0 Å². The average Bonchev–Trinajstić information content (AvgIpc) is 2.33. The highest BCUT2D eigenvalue weighted by atomic mass is 19.1. The van der Waals surface area contributed by atoms with Crippen molar-refractivity contribution < 1.29 is 14.3 Å². The van der Waals surface area contributed by atoms with Gasteiger partial charge in [0.2, 0.25) is 0 Å². The Kier molecular flexibility index (Phi) is 3.23. The molecular formula is C13H11FN2O2. The standard InChI is InChI=1S/C13H11FN2O2/c1-8-2-4-11(10(14)6-8)16-9-3-5-12(13(17)18)15-7-9/h2-7,16H,1H3,(H,17,18). The van der Waals surface area contributed by atoms with Crippen molar-refractivity contribution in [1.29, 1.82) is 0 Å². The van der Waals surface area contributed by atoms with Crippen LogP contribution in [0.4, 0.5) is 15.8 Å². The molecule has 0 aliphatic carbocycles. The van der Waals surface area contributed by atoms with Gasteiger partial charge in [-0.25, -0.2) is 14.2 Å². The zero-order valence-corrected chi connectivity index (χ0v) is 9.64. The van der Waals surface area contributed by atoms with Crippen LogP contribution in [-0.2, 0) is 0 Å². The number of nitrogens with zero attached hydrogens (tertiary/aromatic N) is 1. The van der Waals surface area contributed by atoms with Crippen LogP contribution in [-0.4, -0.2) is 16.1 Å². The molecule has 0 amide bonds. The van der Waals surface area contributed by atoms with Gasteiger partial charge in [-0.2, -0.15) is 0 Å². The van der Waals surface area contributed by atoms with E-state index in [0.717, 1.165) is 5.56 Å². The van der Waals surface area contributed by atoms with Gasteiger partial charge in [0.25, 0.3) is 0 Å². The summed E-state index contributed by atoms with van der Waals surface area (Å²) in [4.78, 5) is 14.4. The van der Waals surface area contributed by atoms with Gasteiger partial charge in [0.05, 0.1) is 17.6 Å². The van der Waals surface area contributed by atoms with E-state index in [-0.39, 0.29) is 11.5 Å². The second kappa shape index (κ2) is 4.83. The number of carbonyl (C=O) groups is 1. The number of aryl methyl sites for hydroxylation is 1. The monoisotopic (exact) mass is 246 g/mol. The first-order valence-electron chi connectivity index (χ1n) is 5.29. The molecule has 0 radical (unpaired) electrons. The normalized spacial score (nSPS) is 10.1. The Morgan fingerprint density at radius 3 is 2.67 bits per heavy atom. The first-order valence-corrected chi connectivity index (χ1v) is 5.29. The molecule has 4 nitrogen and oxygen atoms in total. The van der Waals surface area contributed by atoms with Gasteiger partial charge in [-0.05, 0) is 36.8 Å². The van der Waals surface area contributed by atoms with Crippen LogP contribution in [0, 0.1) is 12.7 Å². The van der Waals surface area contributed by atoms with Crippen LogP contribution in [0.1, 0.15) is 16.1 Å². The van der Waals surface area contributed by atoms with Gasteiger partial charge in [0.1, 0.15) is 11.5 Å². The summed E-state index contributed by atoms with van der Waals surface area (Å²) in [7, 11) is 0. The van der Waals surface area contributed by atoms with Crippen molar-refractivity contribution in [3.05, 3.63) is 53.6 Å². The molecule has 1 aromatic heterocycles. The van der Waals surface area contributed by atoms with Gasteiger partial charge in [-0.1, -0.05) is 6.07 Å². The molecule has 0 saturated carbocycles. The van der Waals surface area contributed by atoms with Crippen LogP contribution in [0.25, 0.3) is 0 Å². The third-order valence-electron chi connectivity index (χ3n) is 2.39. The van der Waals surface area contributed by atoms with Gasteiger partial charge in [0, 0.05) is 0 Å². The number of aromatic carboxylic acids is 1. The van der Waals surface area contributed by atoms with Crippen LogP contribution in [0.15, 0.2) is 36.5 Å². The van der Waals surface area contributed by atoms with Crippen molar-refractivity contribution >= 4 is 17.3 Å². The van der Waals surface area contributed by atoms with Gasteiger partial charge < -0.3 is 10.4 Å². The molecule has 1 aromatic carbocycles. The summed E-state index contributed by atoms with van der Waals surface area (Å²) in [5.74, 6) is -1.46. The number of carboxylic acid groups (broad SMARTS) is 1. The maximum absolute atomic E-state index is 13.6. The Labute approximate surface area is 103 Å². The van der Waals surface area contributed by atoms with E-state index in [1.165, 1.54) is 24.4 Å². The molecule has 0 aliphatic rings. The van der Waals surface area contributed by atoms with Gasteiger partial charge >= 0.3 is 5.97 Å². The molecular weight excluding hydrogens is 235 g/mol. The van der Waals surface area contributed by atoms with Crippen LogP contribution in [0.2, 0.25) is 0 Å². The Balaban J connectivity index is 2.21. The molecule has 2 aromatic rings. The van der Waals surface area contributed by atoms with Crippen molar-refractivity contribution in [2.75, 3.05) is 5.32 Å². The fourth-order valence-corrected chi connectivity index (χ4v) is 1.47. The van der Waals surface area contributed by atoms with Crippen LogP contribution < -0.4 is 5.32 Å². The van der Waals surface area contributed by atoms with E-state index >= 15 is 0 Å². The maximum Gasteiger partial charge on any atom is 0.354 e. The fourth-order valence-electron chi connectivity index (χ4n) is 1.47. The Morgan fingerprint density at radius 1 is 1.33 bits per heavy atom. The number of halogens is 1. The molecule has 18 heavy (non-hydrogen) atoms. The molecule has 0 atom stereocenters. The number of benzene rings is 1. The molecule has 2 N–H and O–H groups in total. The molecule has 1 heterocycles. The second-order valence-electron chi connectivity index (χ2n) is 3.85. The first kappa shape index (κ1) is 12.0. The highest BCUT2D eigenvalue weighted by Crippen LogP contribution is 2.20. The third-order valence-corrected chi connectivity index (χ3v) is 2.39. The summed E-state index contributed by atoms with van der Waals surface area (Å²) in [6, 6.07) is 7.72. The fraction of sp³-hybridized carbons (Fsp3) is 0.0769. The molecule has 2 rings (SSSR count). The van der Waals surface area contributed by atoms with E-state index in [4.69, 9.17) is 5.11 Å². The van der Waals surface area contributed by atoms with Gasteiger partial charge in [-0.3, -0.25) is 0 Å². The Hall–Kier alpha value is -2.43. The smallest absolute Gasteiger partial charge is 0.354 e. The number of carboxylic acids is 1. The lowest BCUT2D eigenvalue weighted by molar-refractivity contribution is 0.0690. The van der Waals surface area contributed by atoms with E-state index in [0.29, 0.717) is 11.4 Å². The summed E-state index contributed by atoms with van der Waals surface area (Å²) in [5, 5.41) is 11.5. The SMILES string of the molecule is Cc1ccc(Nc2ccc(C(=O)O)nc2)c(F)c1. The van der Waals surface area contributed by atoms with E-state index < -0.39 is 5.97 Å². The van der Waals surface area contributed by atoms with E-state index in [1.54, 1.807) is 19.1 Å². The third kappa shape index (κ3) is 2.63. The zero-order chi connectivity index (χ0) is 13.1. The molecule has 0 fully saturated rings. The minimum Gasteiger partial charge on any atom is -0.477 e. The number of anilines is 2. The molecule has 5 heteroatoms. The minimum absolute atomic E-state index is 0.0510. The lowest BCUT2D eigenvalue weighted by Gasteiger charge is -2.07. The maximum atomic E-state index is 13.6. The number of nitrogens with one attached hydrogen (secondary N) is 1. The molecule has 92 valence electrons. The summed E-state index contributed by atoms with van der Waals surface area (Å²) in [6.07, 6.45) is 1.35. The molecule has 0 spiro atoms. The van der Waals surface area contributed by atoms with E-state index in [9.17, 15) is 9.18 Å². The highest BCUT2D eigenvalue weighted by Gasteiger charge is 2.05.